The molecule has 1 aliphatic heterocycles. The summed E-state index contributed by atoms with van der Waals surface area (Å²) in [6.45, 7) is 2.19. The van der Waals surface area contributed by atoms with Crippen LogP contribution in [0.5, 0.6) is 11.5 Å². The van der Waals surface area contributed by atoms with Crippen LogP contribution in [-0.2, 0) is 16.1 Å². The van der Waals surface area contributed by atoms with E-state index >= 15 is 0 Å². The second-order valence-electron chi connectivity index (χ2n) is 9.00. The van der Waals surface area contributed by atoms with Crippen molar-refractivity contribution in [2.45, 2.75) is 57.8 Å². The Labute approximate surface area is 214 Å². The van der Waals surface area contributed by atoms with E-state index in [1.54, 1.807) is 11.8 Å². The van der Waals surface area contributed by atoms with Gasteiger partial charge in [-0.15, -0.1) is 0 Å². The lowest BCUT2D eigenvalue weighted by molar-refractivity contribution is -0.146. The van der Waals surface area contributed by atoms with Crippen molar-refractivity contribution in [3.8, 4) is 11.5 Å². The minimum Gasteiger partial charge on any atom is -0.493 e. The number of tetrazole rings is 1. The zero-order chi connectivity index (χ0) is 25.1. The van der Waals surface area contributed by atoms with Gasteiger partial charge >= 0.3 is 5.97 Å². The van der Waals surface area contributed by atoms with Gasteiger partial charge in [0, 0.05) is 10.7 Å². The molecule has 1 fully saturated rings. The van der Waals surface area contributed by atoms with E-state index in [-0.39, 0.29) is 12.1 Å². The number of methoxy groups -OCH3 is 1. The summed E-state index contributed by atoms with van der Waals surface area (Å²) in [4.78, 5) is 13.4. The Morgan fingerprint density at radius 1 is 1.11 bits per heavy atom. The molecule has 0 radical (unpaired) electrons. The number of carbonyl (C=O) groups excluding carboxylic acids is 1. The van der Waals surface area contributed by atoms with Gasteiger partial charge in [-0.25, -0.2) is 4.79 Å². The van der Waals surface area contributed by atoms with Crippen molar-refractivity contribution in [3.05, 3.63) is 69.9 Å². The van der Waals surface area contributed by atoms with E-state index in [2.05, 4.69) is 20.8 Å². The number of nitrogens with one attached hydrogen (secondary N) is 1. The second-order valence-corrected chi connectivity index (χ2v) is 9.44. The normalized spacial score (nSPS) is 17.8. The highest BCUT2D eigenvalue weighted by atomic mass is 35.5. The van der Waals surface area contributed by atoms with Crippen molar-refractivity contribution >= 4 is 23.5 Å². The smallest absolute Gasteiger partial charge is 0.338 e. The van der Waals surface area contributed by atoms with Crippen molar-refractivity contribution in [2.24, 2.45) is 0 Å². The molecule has 0 saturated heterocycles. The number of allylic oxidation sites excluding steroid dienone is 1. The third kappa shape index (κ3) is 5.02. The molecule has 188 valence electrons. The monoisotopic (exact) mass is 509 g/mol. The summed E-state index contributed by atoms with van der Waals surface area (Å²) < 4.78 is 19.2. The lowest BCUT2D eigenvalue weighted by Crippen LogP contribution is -2.32. The Morgan fingerprint density at radius 3 is 2.64 bits per heavy atom. The largest absolute Gasteiger partial charge is 0.493 e. The Morgan fingerprint density at radius 2 is 1.89 bits per heavy atom. The maximum Gasteiger partial charge on any atom is 0.338 e. The lowest BCUT2D eigenvalue weighted by atomic mass is 9.94. The number of rotatable bonds is 7. The standard InChI is InChI=1S/C26H28ClN5O4/c1-16-23(25(33)36-20-6-4-3-5-7-20)24(32-26(28-16)29-30-31-32)18-10-13-21(22(14-18)34-2)35-15-17-8-11-19(27)12-9-17/h8-14,20,24H,3-7,15H2,1-2H3,(H,28,29,31). The van der Waals surface area contributed by atoms with Crippen molar-refractivity contribution in [3.63, 3.8) is 0 Å². The number of hydrogen-bond acceptors (Lipinski definition) is 8. The van der Waals surface area contributed by atoms with Gasteiger partial charge in [0.2, 0.25) is 5.95 Å². The molecule has 1 atom stereocenters. The summed E-state index contributed by atoms with van der Waals surface area (Å²) in [6.07, 6.45) is 5.04. The van der Waals surface area contributed by atoms with Crippen LogP contribution < -0.4 is 14.8 Å². The first kappa shape index (κ1) is 24.1. The second kappa shape index (κ2) is 10.6. The number of benzene rings is 2. The van der Waals surface area contributed by atoms with Crippen molar-refractivity contribution in [1.82, 2.24) is 20.2 Å². The number of esters is 1. The fraction of sp³-hybridized carbons (Fsp3) is 0.385. The van der Waals surface area contributed by atoms with Crippen LogP contribution in [0.4, 0.5) is 5.95 Å². The quantitative estimate of drug-likeness (QED) is 0.440. The predicted molar refractivity (Wildman–Crippen MR) is 134 cm³/mol. The molecule has 1 unspecified atom stereocenters. The fourth-order valence-corrected chi connectivity index (χ4v) is 4.82. The molecule has 1 aromatic heterocycles. The summed E-state index contributed by atoms with van der Waals surface area (Å²) in [5.74, 6) is 1.20. The molecule has 1 N–H and O–H groups in total. The minimum atomic E-state index is -0.577. The number of aromatic nitrogens is 4. The van der Waals surface area contributed by atoms with Gasteiger partial charge < -0.3 is 19.5 Å². The molecule has 3 aromatic rings. The summed E-state index contributed by atoms with van der Waals surface area (Å²) >= 11 is 5.98. The Kier molecular flexibility index (Phi) is 7.09. The van der Waals surface area contributed by atoms with Crippen molar-refractivity contribution in [2.75, 3.05) is 12.4 Å². The number of nitrogens with zero attached hydrogens (tertiary/aromatic N) is 4. The van der Waals surface area contributed by atoms with E-state index in [0.717, 1.165) is 36.8 Å². The molecule has 2 aliphatic rings. The van der Waals surface area contributed by atoms with Crippen LogP contribution >= 0.6 is 11.6 Å². The molecule has 36 heavy (non-hydrogen) atoms. The van der Waals surface area contributed by atoms with Crippen LogP contribution in [0.1, 0.15) is 56.2 Å². The Bertz CT molecular complexity index is 1270. The average Bonchev–Trinajstić information content (AvgIpc) is 3.36. The molecule has 0 spiro atoms. The molecule has 1 aliphatic carbocycles. The molecule has 5 rings (SSSR count). The van der Waals surface area contributed by atoms with Gasteiger partial charge in [-0.3, -0.25) is 0 Å². The molecule has 2 heterocycles. The molecule has 1 saturated carbocycles. The topological polar surface area (TPSA) is 100 Å². The van der Waals surface area contributed by atoms with Crippen LogP contribution in [-0.4, -0.2) is 39.4 Å². The molecule has 0 bridgehead atoms. The van der Waals surface area contributed by atoms with Crippen molar-refractivity contribution < 1.29 is 19.0 Å². The fourth-order valence-electron chi connectivity index (χ4n) is 4.70. The third-order valence-corrected chi connectivity index (χ3v) is 6.82. The van der Waals surface area contributed by atoms with E-state index in [4.69, 9.17) is 25.8 Å². The minimum absolute atomic E-state index is 0.0688. The van der Waals surface area contributed by atoms with Gasteiger partial charge in [0.1, 0.15) is 18.8 Å². The molecule has 9 nitrogen and oxygen atoms in total. The van der Waals surface area contributed by atoms with Gasteiger partial charge in [0.25, 0.3) is 0 Å². The maximum absolute atomic E-state index is 13.4. The molecular formula is C26H28ClN5O4. The van der Waals surface area contributed by atoms with Crippen LogP contribution in [0.3, 0.4) is 0 Å². The van der Waals surface area contributed by atoms with Crippen LogP contribution in [0.25, 0.3) is 0 Å². The first-order chi connectivity index (χ1) is 17.5. The highest BCUT2D eigenvalue weighted by Crippen LogP contribution is 2.39. The third-order valence-electron chi connectivity index (χ3n) is 6.57. The number of ether oxygens (including phenoxy) is 3. The first-order valence-electron chi connectivity index (χ1n) is 12.1. The molecule has 0 amide bonds. The zero-order valence-electron chi connectivity index (χ0n) is 20.2. The summed E-state index contributed by atoms with van der Waals surface area (Å²) in [5, 5.41) is 15.8. The average molecular weight is 510 g/mol. The Hall–Kier alpha value is -3.59. The molecule has 10 heteroatoms. The van der Waals surface area contributed by atoms with E-state index in [1.165, 1.54) is 6.42 Å². The van der Waals surface area contributed by atoms with E-state index in [1.807, 2.05) is 49.4 Å². The van der Waals surface area contributed by atoms with Crippen LogP contribution in [0, 0.1) is 0 Å². The van der Waals surface area contributed by atoms with E-state index < -0.39 is 6.04 Å². The van der Waals surface area contributed by atoms with Gasteiger partial charge in [-0.2, -0.15) is 4.68 Å². The molecule has 2 aromatic carbocycles. The lowest BCUT2D eigenvalue weighted by Gasteiger charge is -2.29. The number of hydrogen-bond donors (Lipinski definition) is 1. The number of fused-ring (bicyclic) bond motifs is 1. The highest BCUT2D eigenvalue weighted by molar-refractivity contribution is 6.30. The van der Waals surface area contributed by atoms with Crippen LogP contribution in [0.15, 0.2) is 53.7 Å². The van der Waals surface area contributed by atoms with Gasteiger partial charge in [-0.1, -0.05) is 41.3 Å². The van der Waals surface area contributed by atoms with Gasteiger partial charge in [0.05, 0.1) is 12.7 Å². The summed E-state index contributed by atoms with van der Waals surface area (Å²) in [7, 11) is 1.58. The predicted octanol–water partition coefficient (Wildman–Crippen LogP) is 5.08. The zero-order valence-corrected chi connectivity index (χ0v) is 21.0. The van der Waals surface area contributed by atoms with Gasteiger partial charge in [-0.05, 0) is 78.4 Å². The van der Waals surface area contributed by atoms with E-state index in [9.17, 15) is 4.79 Å². The van der Waals surface area contributed by atoms with Crippen LogP contribution in [0.2, 0.25) is 5.02 Å². The first-order valence-corrected chi connectivity index (χ1v) is 12.4. The highest BCUT2D eigenvalue weighted by Gasteiger charge is 2.36. The molecular weight excluding hydrogens is 482 g/mol. The SMILES string of the molecule is COc1cc(C2C(C(=O)OC3CCCCC3)=C(C)Nc3nnnn32)ccc1OCc1ccc(Cl)cc1. The van der Waals surface area contributed by atoms with Gasteiger partial charge in [0.15, 0.2) is 11.5 Å². The van der Waals surface area contributed by atoms with E-state index in [0.29, 0.717) is 40.3 Å². The summed E-state index contributed by atoms with van der Waals surface area (Å²) in [5.41, 5.74) is 2.88. The number of anilines is 1. The summed E-state index contributed by atoms with van der Waals surface area (Å²) in [6, 6.07) is 12.5. The van der Waals surface area contributed by atoms with Crippen molar-refractivity contribution in [1.29, 1.82) is 0 Å². The maximum atomic E-state index is 13.4. The number of carbonyl (C=O) groups is 1. The number of halogens is 1. The Balaban J connectivity index is 1.43.